The van der Waals surface area contributed by atoms with Crippen LogP contribution < -0.4 is 5.01 Å². The zero-order valence-electron chi connectivity index (χ0n) is 8.81. The molecule has 1 saturated heterocycles. The Morgan fingerprint density at radius 2 is 2.19 bits per heavy atom. The van der Waals surface area contributed by atoms with Crippen molar-refractivity contribution < 1.29 is 0 Å². The summed E-state index contributed by atoms with van der Waals surface area (Å²) in [4.78, 5) is 4.38. The van der Waals surface area contributed by atoms with Gasteiger partial charge in [0.15, 0.2) is 0 Å². The van der Waals surface area contributed by atoms with Gasteiger partial charge >= 0.3 is 0 Å². The van der Waals surface area contributed by atoms with Gasteiger partial charge < -0.3 is 5.01 Å². The van der Waals surface area contributed by atoms with E-state index in [9.17, 15) is 0 Å². The molecule has 0 atom stereocenters. The molecule has 2 heterocycles. The lowest BCUT2D eigenvalue weighted by Gasteiger charge is -2.19. The number of nitrogens with zero attached hydrogens (tertiary/aromatic N) is 3. The molecule has 0 N–H and O–H groups in total. The average Bonchev–Trinajstić information content (AvgIpc) is 2.94. The summed E-state index contributed by atoms with van der Waals surface area (Å²) in [5.74, 6) is 0. The summed E-state index contributed by atoms with van der Waals surface area (Å²) in [7, 11) is 0. The molecule has 4 heteroatoms. The second-order valence-corrected chi connectivity index (χ2v) is 4.20. The van der Waals surface area contributed by atoms with Crippen LogP contribution >= 0.6 is 11.6 Å². The Kier molecular flexibility index (Phi) is 2.33. The Hall–Kier alpha value is -1.48. The predicted octanol–water partition coefficient (Wildman–Crippen LogP) is 2.50. The molecule has 1 aromatic carbocycles. The molecular formula is C12H12ClN3. The van der Waals surface area contributed by atoms with Crippen LogP contribution in [0.2, 0.25) is 0 Å². The number of fused-ring (bicyclic) bond motifs is 1. The molecule has 1 aromatic heterocycles. The van der Waals surface area contributed by atoms with Crippen molar-refractivity contribution in [1.29, 1.82) is 0 Å². The summed E-state index contributed by atoms with van der Waals surface area (Å²) in [6.45, 7) is 1.89. The molecule has 0 aliphatic carbocycles. The van der Waals surface area contributed by atoms with Crippen LogP contribution in [0.3, 0.4) is 0 Å². The van der Waals surface area contributed by atoms with E-state index in [2.05, 4.69) is 20.7 Å². The standard InChI is InChI=1S/C12H12ClN3/c13-7-10-5-6-15(8-10)16-9-14-11-3-1-2-4-12(11)16/h1-4,7,9H,5-6,8H2/b10-7-. The normalized spacial score (nSPS) is 18.8. The van der Waals surface area contributed by atoms with Crippen LogP contribution in [0.4, 0.5) is 0 Å². The van der Waals surface area contributed by atoms with Gasteiger partial charge in [0.1, 0.15) is 6.33 Å². The highest BCUT2D eigenvalue weighted by Gasteiger charge is 2.17. The van der Waals surface area contributed by atoms with Crippen LogP contribution in [-0.4, -0.2) is 22.7 Å². The van der Waals surface area contributed by atoms with E-state index < -0.39 is 0 Å². The molecule has 2 aromatic rings. The number of aromatic nitrogens is 2. The number of benzene rings is 1. The first-order valence-electron chi connectivity index (χ1n) is 5.34. The number of imidazole rings is 1. The van der Waals surface area contributed by atoms with E-state index in [-0.39, 0.29) is 0 Å². The van der Waals surface area contributed by atoms with Gasteiger partial charge in [-0.1, -0.05) is 23.7 Å². The van der Waals surface area contributed by atoms with Gasteiger partial charge in [0.05, 0.1) is 17.6 Å². The van der Waals surface area contributed by atoms with Gasteiger partial charge in [-0.05, 0) is 24.1 Å². The average molecular weight is 234 g/mol. The second-order valence-electron chi connectivity index (χ2n) is 3.98. The van der Waals surface area contributed by atoms with Crippen molar-refractivity contribution in [1.82, 2.24) is 9.66 Å². The molecule has 1 fully saturated rings. The van der Waals surface area contributed by atoms with Crippen molar-refractivity contribution in [3.8, 4) is 0 Å². The van der Waals surface area contributed by atoms with E-state index in [0.29, 0.717) is 0 Å². The maximum Gasteiger partial charge on any atom is 0.116 e. The minimum Gasteiger partial charge on any atom is -0.307 e. The molecule has 3 rings (SSSR count). The number of para-hydroxylation sites is 2. The maximum absolute atomic E-state index is 5.74. The highest BCUT2D eigenvalue weighted by atomic mass is 35.5. The summed E-state index contributed by atoms with van der Waals surface area (Å²) < 4.78 is 2.11. The number of rotatable bonds is 1. The highest BCUT2D eigenvalue weighted by molar-refractivity contribution is 6.25. The fourth-order valence-electron chi connectivity index (χ4n) is 2.11. The molecular weight excluding hydrogens is 222 g/mol. The van der Waals surface area contributed by atoms with Crippen molar-refractivity contribution in [3.05, 3.63) is 41.7 Å². The highest BCUT2D eigenvalue weighted by Crippen LogP contribution is 2.19. The van der Waals surface area contributed by atoms with Gasteiger partial charge in [-0.2, -0.15) is 0 Å². The van der Waals surface area contributed by atoms with Crippen LogP contribution in [-0.2, 0) is 0 Å². The number of hydrogen-bond acceptors (Lipinski definition) is 2. The Balaban J connectivity index is 2.01. The van der Waals surface area contributed by atoms with Gasteiger partial charge in [-0.25, -0.2) is 9.66 Å². The lowest BCUT2D eigenvalue weighted by molar-refractivity contribution is 0.686. The molecule has 82 valence electrons. The molecule has 1 aliphatic heterocycles. The summed E-state index contributed by atoms with van der Waals surface area (Å²) in [5.41, 5.74) is 5.16. The summed E-state index contributed by atoms with van der Waals surface area (Å²) >= 11 is 5.74. The first-order valence-corrected chi connectivity index (χ1v) is 5.77. The Morgan fingerprint density at radius 1 is 1.31 bits per heavy atom. The molecule has 0 bridgehead atoms. The lowest BCUT2D eigenvalue weighted by Crippen LogP contribution is -2.30. The molecule has 0 unspecified atom stereocenters. The van der Waals surface area contributed by atoms with E-state index in [1.165, 1.54) is 5.57 Å². The van der Waals surface area contributed by atoms with Crippen molar-refractivity contribution >= 4 is 22.6 Å². The van der Waals surface area contributed by atoms with Crippen LogP contribution in [0.1, 0.15) is 6.42 Å². The molecule has 0 amide bonds. The Labute approximate surface area is 98.9 Å². The van der Waals surface area contributed by atoms with E-state index >= 15 is 0 Å². The minimum absolute atomic E-state index is 0.893. The molecule has 0 radical (unpaired) electrons. The van der Waals surface area contributed by atoms with E-state index in [1.54, 1.807) is 5.54 Å². The van der Waals surface area contributed by atoms with Crippen molar-refractivity contribution in [2.24, 2.45) is 0 Å². The third-order valence-corrected chi connectivity index (χ3v) is 3.28. The third kappa shape index (κ3) is 1.48. The van der Waals surface area contributed by atoms with Gasteiger partial charge in [0.2, 0.25) is 0 Å². The van der Waals surface area contributed by atoms with Crippen molar-refractivity contribution in [3.63, 3.8) is 0 Å². The summed E-state index contributed by atoms with van der Waals surface area (Å²) in [6, 6.07) is 8.16. The minimum atomic E-state index is 0.893. The van der Waals surface area contributed by atoms with Gasteiger partial charge in [0.25, 0.3) is 0 Å². The maximum atomic E-state index is 5.74. The molecule has 1 aliphatic rings. The van der Waals surface area contributed by atoms with E-state index in [1.807, 2.05) is 24.5 Å². The SMILES string of the molecule is Cl/C=C1/CCN(n2cnc3ccccc32)C1. The first kappa shape index (κ1) is 9.73. The lowest BCUT2D eigenvalue weighted by atomic mass is 10.3. The fourth-order valence-corrected chi connectivity index (χ4v) is 2.29. The zero-order chi connectivity index (χ0) is 11.0. The largest absolute Gasteiger partial charge is 0.307 e. The van der Waals surface area contributed by atoms with Crippen LogP contribution in [0.15, 0.2) is 41.7 Å². The van der Waals surface area contributed by atoms with E-state index in [0.717, 1.165) is 30.5 Å². The zero-order valence-corrected chi connectivity index (χ0v) is 9.56. The number of halogens is 1. The summed E-state index contributed by atoms with van der Waals surface area (Å²) in [5, 5.41) is 2.25. The topological polar surface area (TPSA) is 21.1 Å². The molecule has 3 nitrogen and oxygen atoms in total. The fraction of sp³-hybridized carbons (Fsp3) is 0.250. The van der Waals surface area contributed by atoms with Crippen LogP contribution in [0.25, 0.3) is 11.0 Å². The molecule has 0 saturated carbocycles. The third-order valence-electron chi connectivity index (χ3n) is 2.97. The van der Waals surface area contributed by atoms with Gasteiger partial charge in [-0.15, -0.1) is 0 Å². The Bertz CT molecular complexity index is 544. The first-order chi connectivity index (χ1) is 7.88. The number of hydrogen-bond donors (Lipinski definition) is 0. The molecule has 0 spiro atoms. The van der Waals surface area contributed by atoms with Crippen molar-refractivity contribution in [2.45, 2.75) is 6.42 Å². The monoisotopic (exact) mass is 233 g/mol. The Morgan fingerprint density at radius 3 is 3.00 bits per heavy atom. The van der Waals surface area contributed by atoms with Gasteiger partial charge in [0, 0.05) is 12.1 Å². The quantitative estimate of drug-likeness (QED) is 0.755. The van der Waals surface area contributed by atoms with Crippen molar-refractivity contribution in [2.75, 3.05) is 18.1 Å². The van der Waals surface area contributed by atoms with Gasteiger partial charge in [-0.3, -0.25) is 0 Å². The smallest absolute Gasteiger partial charge is 0.116 e. The van der Waals surface area contributed by atoms with E-state index in [4.69, 9.17) is 11.6 Å². The predicted molar refractivity (Wildman–Crippen MR) is 66.2 cm³/mol. The van der Waals surface area contributed by atoms with Crippen LogP contribution in [0, 0.1) is 0 Å². The summed E-state index contributed by atoms with van der Waals surface area (Å²) in [6.07, 6.45) is 2.91. The molecule has 16 heavy (non-hydrogen) atoms. The second kappa shape index (κ2) is 3.83. The van der Waals surface area contributed by atoms with Crippen LogP contribution in [0.5, 0.6) is 0 Å².